The van der Waals surface area contributed by atoms with Crippen LogP contribution in [0.4, 0.5) is 0 Å². The summed E-state index contributed by atoms with van der Waals surface area (Å²) in [5.41, 5.74) is 1.22. The predicted octanol–water partition coefficient (Wildman–Crippen LogP) is 0.953. The quantitative estimate of drug-likeness (QED) is 0.883. The monoisotopic (exact) mass is 259 g/mol. The first-order valence-electron chi connectivity index (χ1n) is 5.80. The molecule has 0 atom stereocenters. The molecule has 19 heavy (non-hydrogen) atoms. The first-order valence-corrected chi connectivity index (χ1v) is 5.80. The van der Waals surface area contributed by atoms with Crippen LogP contribution in [-0.2, 0) is 11.2 Å². The second kappa shape index (κ2) is 5.43. The van der Waals surface area contributed by atoms with Crippen LogP contribution in [0.15, 0.2) is 35.3 Å². The lowest BCUT2D eigenvalue weighted by Crippen LogP contribution is -2.22. The van der Waals surface area contributed by atoms with E-state index in [1.807, 2.05) is 13.0 Å². The Morgan fingerprint density at radius 2 is 2.16 bits per heavy atom. The van der Waals surface area contributed by atoms with E-state index < -0.39 is 5.97 Å². The molecular weight excluding hydrogens is 246 g/mol. The van der Waals surface area contributed by atoms with E-state index >= 15 is 0 Å². The molecule has 6 nitrogen and oxygen atoms in total. The van der Waals surface area contributed by atoms with Crippen molar-refractivity contribution in [2.45, 2.75) is 19.8 Å². The standard InChI is InChI=1S/C13H13N3O3/c1-9-6-7-14-11(8-9)16-12(17)4-2-10(15-16)3-5-13(18)19/h2,4,6-8H,3,5H2,1H3,(H,18,19). The first-order chi connectivity index (χ1) is 9.06. The van der Waals surface area contributed by atoms with Gasteiger partial charge in [0, 0.05) is 18.7 Å². The number of aromatic nitrogens is 3. The molecule has 1 N–H and O–H groups in total. The minimum atomic E-state index is -0.895. The van der Waals surface area contributed by atoms with Crippen LogP contribution in [0.5, 0.6) is 0 Å². The SMILES string of the molecule is Cc1ccnc(-n2nc(CCC(=O)O)ccc2=O)c1. The van der Waals surface area contributed by atoms with Crippen molar-refractivity contribution in [3.05, 3.63) is 52.1 Å². The maximum atomic E-state index is 11.8. The Morgan fingerprint density at radius 1 is 1.37 bits per heavy atom. The van der Waals surface area contributed by atoms with Crippen LogP contribution in [0.3, 0.4) is 0 Å². The van der Waals surface area contributed by atoms with Gasteiger partial charge in [0.25, 0.3) is 5.56 Å². The Bertz CT molecular complexity index is 664. The van der Waals surface area contributed by atoms with E-state index in [0.29, 0.717) is 11.5 Å². The number of aliphatic carboxylic acids is 1. The van der Waals surface area contributed by atoms with Gasteiger partial charge < -0.3 is 5.11 Å². The van der Waals surface area contributed by atoms with Crippen molar-refractivity contribution in [2.24, 2.45) is 0 Å². The number of carboxylic acids is 1. The summed E-state index contributed by atoms with van der Waals surface area (Å²) in [7, 11) is 0. The molecule has 2 heterocycles. The summed E-state index contributed by atoms with van der Waals surface area (Å²) >= 11 is 0. The second-order valence-corrected chi connectivity index (χ2v) is 4.16. The van der Waals surface area contributed by atoms with E-state index in [0.717, 1.165) is 5.56 Å². The number of hydrogen-bond acceptors (Lipinski definition) is 4. The molecule has 6 heteroatoms. The molecule has 0 saturated carbocycles. The van der Waals surface area contributed by atoms with Crippen LogP contribution < -0.4 is 5.56 Å². The van der Waals surface area contributed by atoms with Crippen LogP contribution >= 0.6 is 0 Å². The molecule has 0 spiro atoms. The topological polar surface area (TPSA) is 85.1 Å². The van der Waals surface area contributed by atoms with Crippen molar-refractivity contribution in [1.29, 1.82) is 0 Å². The number of pyridine rings is 1. The van der Waals surface area contributed by atoms with E-state index in [1.165, 1.54) is 16.8 Å². The summed E-state index contributed by atoms with van der Waals surface area (Å²) in [4.78, 5) is 26.4. The fourth-order valence-corrected chi connectivity index (χ4v) is 1.62. The molecule has 0 fully saturated rings. The van der Waals surface area contributed by atoms with Gasteiger partial charge in [0.2, 0.25) is 0 Å². The molecule has 0 bridgehead atoms. The molecule has 2 rings (SSSR count). The van der Waals surface area contributed by atoms with Crippen LogP contribution in [0, 0.1) is 6.92 Å². The summed E-state index contributed by atoms with van der Waals surface area (Å²) in [6, 6.07) is 6.48. The average Bonchev–Trinajstić information content (AvgIpc) is 2.37. The lowest BCUT2D eigenvalue weighted by atomic mass is 10.2. The largest absolute Gasteiger partial charge is 0.481 e. The summed E-state index contributed by atoms with van der Waals surface area (Å²) in [5, 5.41) is 12.8. The molecule has 0 amide bonds. The average molecular weight is 259 g/mol. The Morgan fingerprint density at radius 3 is 2.84 bits per heavy atom. The minimum Gasteiger partial charge on any atom is -0.481 e. The van der Waals surface area contributed by atoms with Crippen LogP contribution in [-0.4, -0.2) is 25.8 Å². The number of carboxylic acid groups (broad SMARTS) is 1. The van der Waals surface area contributed by atoms with Crippen LogP contribution in [0.1, 0.15) is 17.7 Å². The fourth-order valence-electron chi connectivity index (χ4n) is 1.62. The van der Waals surface area contributed by atoms with Gasteiger partial charge in [-0.15, -0.1) is 0 Å². The van der Waals surface area contributed by atoms with Gasteiger partial charge in [-0.2, -0.15) is 9.78 Å². The maximum Gasteiger partial charge on any atom is 0.303 e. The molecule has 0 aromatic carbocycles. The molecule has 0 aliphatic rings. The van der Waals surface area contributed by atoms with Gasteiger partial charge in [0.15, 0.2) is 5.82 Å². The smallest absolute Gasteiger partial charge is 0.303 e. The van der Waals surface area contributed by atoms with Gasteiger partial charge in [0.1, 0.15) is 0 Å². The number of rotatable bonds is 4. The highest BCUT2D eigenvalue weighted by Gasteiger charge is 2.06. The summed E-state index contributed by atoms with van der Waals surface area (Å²) in [5.74, 6) is -0.463. The van der Waals surface area contributed by atoms with E-state index in [4.69, 9.17) is 5.11 Å². The zero-order valence-electron chi connectivity index (χ0n) is 10.4. The molecule has 0 aliphatic heterocycles. The van der Waals surface area contributed by atoms with E-state index in [-0.39, 0.29) is 18.4 Å². The third kappa shape index (κ3) is 3.25. The number of aryl methyl sites for hydroxylation is 2. The number of hydrogen-bond donors (Lipinski definition) is 1. The zero-order valence-corrected chi connectivity index (χ0v) is 10.4. The Balaban J connectivity index is 2.37. The van der Waals surface area contributed by atoms with Crippen molar-refractivity contribution >= 4 is 5.97 Å². The molecular formula is C13H13N3O3. The lowest BCUT2D eigenvalue weighted by molar-refractivity contribution is -0.136. The summed E-state index contributed by atoms with van der Waals surface area (Å²) in [6.07, 6.45) is 1.86. The lowest BCUT2D eigenvalue weighted by Gasteiger charge is -2.06. The minimum absolute atomic E-state index is 0.0214. The highest BCUT2D eigenvalue weighted by molar-refractivity contribution is 5.66. The predicted molar refractivity (Wildman–Crippen MR) is 68.3 cm³/mol. The fraction of sp³-hybridized carbons (Fsp3) is 0.231. The highest BCUT2D eigenvalue weighted by atomic mass is 16.4. The van der Waals surface area contributed by atoms with Crippen molar-refractivity contribution in [3.8, 4) is 5.82 Å². The van der Waals surface area contributed by atoms with Gasteiger partial charge in [-0.25, -0.2) is 4.98 Å². The summed E-state index contributed by atoms with van der Waals surface area (Å²) < 4.78 is 1.18. The Kier molecular flexibility index (Phi) is 3.70. The third-order valence-electron chi connectivity index (χ3n) is 2.57. The second-order valence-electron chi connectivity index (χ2n) is 4.16. The molecule has 0 saturated heterocycles. The van der Waals surface area contributed by atoms with Crippen LogP contribution in [0.2, 0.25) is 0 Å². The molecule has 0 aliphatic carbocycles. The van der Waals surface area contributed by atoms with Gasteiger partial charge in [-0.05, 0) is 30.7 Å². The third-order valence-corrected chi connectivity index (χ3v) is 2.57. The van der Waals surface area contributed by atoms with Crippen molar-refractivity contribution in [1.82, 2.24) is 14.8 Å². The van der Waals surface area contributed by atoms with Crippen molar-refractivity contribution < 1.29 is 9.90 Å². The molecule has 0 unspecified atom stereocenters. The van der Waals surface area contributed by atoms with E-state index in [2.05, 4.69) is 10.1 Å². The van der Waals surface area contributed by atoms with Gasteiger partial charge in [-0.3, -0.25) is 9.59 Å². The Labute approximate surface area is 109 Å². The molecule has 2 aromatic heterocycles. The zero-order chi connectivity index (χ0) is 13.8. The van der Waals surface area contributed by atoms with Gasteiger partial charge in [-0.1, -0.05) is 0 Å². The normalized spacial score (nSPS) is 10.4. The highest BCUT2D eigenvalue weighted by Crippen LogP contribution is 2.04. The van der Waals surface area contributed by atoms with E-state index in [1.54, 1.807) is 12.3 Å². The number of nitrogens with zero attached hydrogens (tertiary/aromatic N) is 3. The molecule has 98 valence electrons. The van der Waals surface area contributed by atoms with Gasteiger partial charge in [0.05, 0.1) is 12.1 Å². The van der Waals surface area contributed by atoms with Crippen LogP contribution in [0.25, 0.3) is 5.82 Å². The van der Waals surface area contributed by atoms with Crippen molar-refractivity contribution in [2.75, 3.05) is 0 Å². The molecule has 0 radical (unpaired) electrons. The first kappa shape index (κ1) is 12.9. The van der Waals surface area contributed by atoms with E-state index in [9.17, 15) is 9.59 Å². The summed E-state index contributed by atoms with van der Waals surface area (Å²) in [6.45, 7) is 1.89. The molecule has 2 aromatic rings. The number of carbonyl (C=O) groups is 1. The van der Waals surface area contributed by atoms with Crippen molar-refractivity contribution in [3.63, 3.8) is 0 Å². The maximum absolute atomic E-state index is 11.8. The Hall–Kier alpha value is -2.50. The van der Waals surface area contributed by atoms with Gasteiger partial charge >= 0.3 is 5.97 Å².